The van der Waals surface area contributed by atoms with E-state index in [1.807, 2.05) is 6.07 Å². The molecule has 1 aliphatic heterocycles. The maximum atomic E-state index is 13.3. The Morgan fingerprint density at radius 3 is 2.32 bits per heavy atom. The smallest absolute Gasteiger partial charge is 0.335 e. The van der Waals surface area contributed by atoms with Crippen molar-refractivity contribution in [1.82, 2.24) is 4.98 Å². The number of nitrogens with zero attached hydrogens (tertiary/aromatic N) is 2. The van der Waals surface area contributed by atoms with E-state index in [1.54, 1.807) is 42.5 Å². The molecule has 0 radical (unpaired) electrons. The fourth-order valence-corrected chi connectivity index (χ4v) is 4.46. The van der Waals surface area contributed by atoms with Gasteiger partial charge in [-0.25, -0.2) is 19.1 Å². The molecule has 2 amide bonds. The quantitative estimate of drug-likeness (QED) is 0.298. The van der Waals surface area contributed by atoms with Gasteiger partial charge < -0.3 is 14.3 Å². The summed E-state index contributed by atoms with van der Waals surface area (Å²) in [6.07, 6.45) is 0. The van der Waals surface area contributed by atoms with Gasteiger partial charge in [0, 0.05) is 5.56 Å². The van der Waals surface area contributed by atoms with Gasteiger partial charge in [0.05, 0.1) is 29.5 Å². The molecule has 4 aromatic carbocycles. The van der Waals surface area contributed by atoms with Crippen molar-refractivity contribution in [2.75, 3.05) is 12.0 Å². The minimum atomic E-state index is -1.20. The number of carboxylic acids is 1. The number of oxazole rings is 1. The number of halogens is 1. The molecule has 8 nitrogen and oxygen atoms in total. The number of aromatic carboxylic acids is 1. The summed E-state index contributed by atoms with van der Waals surface area (Å²) in [6, 6.07) is 20.2. The van der Waals surface area contributed by atoms with Gasteiger partial charge in [0.2, 0.25) is 5.89 Å². The Balaban J connectivity index is 1.40. The van der Waals surface area contributed by atoms with Crippen LogP contribution in [0.5, 0.6) is 5.75 Å². The molecule has 0 aliphatic carbocycles. The van der Waals surface area contributed by atoms with Crippen LogP contribution >= 0.6 is 0 Å². The van der Waals surface area contributed by atoms with Crippen molar-refractivity contribution in [2.24, 2.45) is 0 Å². The first-order valence-electron chi connectivity index (χ1n) is 11.4. The molecular weight excluding hydrogens is 491 g/mol. The maximum Gasteiger partial charge on any atom is 0.335 e. The summed E-state index contributed by atoms with van der Waals surface area (Å²) in [5.74, 6) is -2.28. The van der Waals surface area contributed by atoms with E-state index in [9.17, 15) is 23.9 Å². The second kappa shape index (κ2) is 8.67. The van der Waals surface area contributed by atoms with Gasteiger partial charge in [-0.3, -0.25) is 9.59 Å². The number of hydrogen-bond acceptors (Lipinski definition) is 6. The summed E-state index contributed by atoms with van der Waals surface area (Å²) in [6.45, 7) is 0. The number of carbonyl (C=O) groups excluding carboxylic acids is 2. The Bertz CT molecular complexity index is 1790. The summed E-state index contributed by atoms with van der Waals surface area (Å²) in [7, 11) is 1.41. The van der Waals surface area contributed by atoms with E-state index in [1.165, 1.54) is 37.4 Å². The third-order valence-electron chi connectivity index (χ3n) is 6.37. The van der Waals surface area contributed by atoms with Gasteiger partial charge in [0.1, 0.15) is 17.1 Å². The van der Waals surface area contributed by atoms with Gasteiger partial charge in [-0.15, -0.1) is 0 Å². The Morgan fingerprint density at radius 2 is 1.58 bits per heavy atom. The number of methoxy groups -OCH3 is 1. The molecule has 0 saturated carbocycles. The van der Waals surface area contributed by atoms with E-state index in [4.69, 9.17) is 9.15 Å². The molecule has 9 heteroatoms. The highest BCUT2D eigenvalue weighted by Gasteiger charge is 2.39. The lowest BCUT2D eigenvalue weighted by molar-refractivity contribution is 0.0696. The van der Waals surface area contributed by atoms with Crippen molar-refractivity contribution in [2.45, 2.75) is 0 Å². The Hall–Kier alpha value is -5.31. The molecule has 0 saturated heterocycles. The van der Waals surface area contributed by atoms with Crippen LogP contribution in [0.25, 0.3) is 33.7 Å². The van der Waals surface area contributed by atoms with Crippen LogP contribution in [0, 0.1) is 5.82 Å². The van der Waals surface area contributed by atoms with Crippen molar-refractivity contribution in [1.29, 1.82) is 0 Å². The molecule has 38 heavy (non-hydrogen) atoms. The molecule has 5 aromatic rings. The highest BCUT2D eigenvalue weighted by Crippen LogP contribution is 2.39. The number of fused-ring (bicyclic) bond motifs is 2. The molecule has 0 bridgehead atoms. The first-order valence-corrected chi connectivity index (χ1v) is 11.4. The molecule has 0 unspecified atom stereocenters. The number of aromatic nitrogens is 1. The number of ether oxygens (including phenoxy) is 1. The third kappa shape index (κ3) is 3.68. The Morgan fingerprint density at radius 1 is 0.868 bits per heavy atom. The molecule has 0 fully saturated rings. The van der Waals surface area contributed by atoms with E-state index >= 15 is 0 Å². The molecule has 1 aromatic heterocycles. The first kappa shape index (κ1) is 23.1. The number of amides is 2. The summed E-state index contributed by atoms with van der Waals surface area (Å²) < 4.78 is 24.7. The summed E-state index contributed by atoms with van der Waals surface area (Å²) >= 11 is 0. The van der Waals surface area contributed by atoms with Crippen LogP contribution in [0.3, 0.4) is 0 Å². The standard InChI is InChI=1S/C29H17FN2O6/c1-37-24-11-6-17(13-23(24)32-27(33)20-9-4-18(29(35)36)12-21(20)28(32)34)26-31-22-10-5-16(14-25(22)38-26)15-2-7-19(30)8-3-15/h2-14H,1H3,(H,35,36). The Kier molecular flexibility index (Phi) is 5.27. The fraction of sp³-hybridized carbons (Fsp3) is 0.0345. The van der Waals surface area contributed by atoms with Crippen molar-refractivity contribution in [3.05, 3.63) is 101 Å². The predicted octanol–water partition coefficient (Wildman–Crippen LogP) is 5.81. The molecular formula is C29H17FN2O6. The van der Waals surface area contributed by atoms with Gasteiger partial charge in [-0.2, -0.15) is 0 Å². The number of anilines is 1. The van der Waals surface area contributed by atoms with Crippen molar-refractivity contribution < 1.29 is 33.0 Å². The Labute approximate surface area is 214 Å². The van der Waals surface area contributed by atoms with E-state index in [2.05, 4.69) is 4.98 Å². The molecule has 186 valence electrons. The van der Waals surface area contributed by atoms with E-state index in [-0.39, 0.29) is 39.8 Å². The highest BCUT2D eigenvalue weighted by atomic mass is 19.1. The van der Waals surface area contributed by atoms with Crippen LogP contribution in [0.4, 0.5) is 10.1 Å². The van der Waals surface area contributed by atoms with Crippen LogP contribution < -0.4 is 9.64 Å². The molecule has 0 spiro atoms. The van der Waals surface area contributed by atoms with E-state index in [0.717, 1.165) is 16.0 Å². The van der Waals surface area contributed by atoms with Crippen molar-refractivity contribution in [3.8, 4) is 28.3 Å². The zero-order valence-electron chi connectivity index (χ0n) is 19.8. The number of carboxylic acid groups (broad SMARTS) is 1. The zero-order chi connectivity index (χ0) is 26.6. The van der Waals surface area contributed by atoms with Gasteiger partial charge in [-0.1, -0.05) is 18.2 Å². The molecule has 2 heterocycles. The SMILES string of the molecule is COc1ccc(-c2nc3ccc(-c4ccc(F)cc4)cc3o2)cc1N1C(=O)c2ccc(C(=O)O)cc2C1=O. The van der Waals surface area contributed by atoms with E-state index < -0.39 is 17.8 Å². The second-order valence-electron chi connectivity index (χ2n) is 8.61. The maximum absolute atomic E-state index is 13.3. The molecule has 1 N–H and O–H groups in total. The summed E-state index contributed by atoms with van der Waals surface area (Å²) in [4.78, 5) is 43.3. The average molecular weight is 508 g/mol. The van der Waals surface area contributed by atoms with Gasteiger partial charge >= 0.3 is 5.97 Å². The second-order valence-corrected chi connectivity index (χ2v) is 8.61. The number of imide groups is 1. The van der Waals surface area contributed by atoms with Gasteiger partial charge in [0.25, 0.3) is 11.8 Å². The van der Waals surface area contributed by atoms with Crippen LogP contribution in [-0.4, -0.2) is 35.0 Å². The first-order chi connectivity index (χ1) is 18.3. The van der Waals surface area contributed by atoms with Crippen LogP contribution in [-0.2, 0) is 0 Å². The van der Waals surface area contributed by atoms with Gasteiger partial charge in [0.15, 0.2) is 5.58 Å². The lowest BCUT2D eigenvalue weighted by Crippen LogP contribution is -2.29. The summed E-state index contributed by atoms with van der Waals surface area (Å²) in [5, 5.41) is 9.29. The fourth-order valence-electron chi connectivity index (χ4n) is 4.46. The number of rotatable bonds is 5. The average Bonchev–Trinajstić information content (AvgIpc) is 3.46. The van der Waals surface area contributed by atoms with Gasteiger partial charge in [-0.05, 0) is 71.8 Å². The predicted molar refractivity (Wildman–Crippen MR) is 136 cm³/mol. The molecule has 0 atom stereocenters. The van der Waals surface area contributed by atoms with Crippen molar-refractivity contribution in [3.63, 3.8) is 0 Å². The largest absolute Gasteiger partial charge is 0.495 e. The zero-order valence-corrected chi connectivity index (χ0v) is 19.8. The van der Waals surface area contributed by atoms with Crippen LogP contribution in [0.2, 0.25) is 0 Å². The van der Waals surface area contributed by atoms with Crippen LogP contribution in [0.15, 0.2) is 83.3 Å². The minimum absolute atomic E-state index is 0.00228. The molecule has 1 aliphatic rings. The monoisotopic (exact) mass is 508 g/mol. The highest BCUT2D eigenvalue weighted by molar-refractivity contribution is 6.35. The normalized spacial score (nSPS) is 12.7. The minimum Gasteiger partial charge on any atom is -0.495 e. The lowest BCUT2D eigenvalue weighted by Gasteiger charge is -2.18. The molecule has 6 rings (SSSR count). The number of benzene rings is 4. The summed E-state index contributed by atoms with van der Waals surface area (Å²) in [5.41, 5.74) is 3.38. The topological polar surface area (TPSA) is 110 Å². The number of carbonyl (C=O) groups is 3. The lowest BCUT2D eigenvalue weighted by atomic mass is 10.1. The number of hydrogen-bond donors (Lipinski definition) is 1. The van der Waals surface area contributed by atoms with Crippen molar-refractivity contribution >= 4 is 34.6 Å². The van der Waals surface area contributed by atoms with Crippen LogP contribution in [0.1, 0.15) is 31.1 Å². The van der Waals surface area contributed by atoms with E-state index in [0.29, 0.717) is 16.7 Å². The third-order valence-corrected chi connectivity index (χ3v) is 6.37.